The van der Waals surface area contributed by atoms with Crippen LogP contribution in [0.5, 0.6) is 0 Å². The fourth-order valence-corrected chi connectivity index (χ4v) is 5.16. The molecule has 2 aromatic carbocycles. The molecule has 1 amide bonds. The van der Waals surface area contributed by atoms with E-state index in [4.69, 9.17) is 19.3 Å². The van der Waals surface area contributed by atoms with E-state index in [-0.39, 0.29) is 37.6 Å². The van der Waals surface area contributed by atoms with Gasteiger partial charge in [0.05, 0.1) is 25.4 Å². The van der Waals surface area contributed by atoms with Crippen molar-refractivity contribution in [1.29, 1.82) is 0 Å². The predicted molar refractivity (Wildman–Crippen MR) is 141 cm³/mol. The minimum Gasteiger partial charge on any atom is -0.481 e. The van der Waals surface area contributed by atoms with Gasteiger partial charge in [-0.05, 0) is 49.1 Å². The number of carbonyl (C=O) groups excluding carboxylic acids is 1. The van der Waals surface area contributed by atoms with E-state index < -0.39 is 12.3 Å². The van der Waals surface area contributed by atoms with Crippen molar-refractivity contribution < 1.29 is 34.0 Å². The molecule has 0 bridgehead atoms. The van der Waals surface area contributed by atoms with E-state index in [2.05, 4.69) is 10.2 Å². The maximum Gasteiger partial charge on any atom is 0.303 e. The van der Waals surface area contributed by atoms with Crippen LogP contribution in [0.4, 0.5) is 5.69 Å². The quantitative estimate of drug-likeness (QED) is 0.380. The number of nitrogens with zero attached hydrogens (tertiary/aromatic N) is 1. The largest absolute Gasteiger partial charge is 0.481 e. The van der Waals surface area contributed by atoms with Crippen molar-refractivity contribution in [2.45, 2.75) is 69.7 Å². The molecule has 9 heteroatoms. The smallest absolute Gasteiger partial charge is 0.303 e. The van der Waals surface area contributed by atoms with Crippen molar-refractivity contribution in [2.75, 3.05) is 32.1 Å². The van der Waals surface area contributed by atoms with Gasteiger partial charge in [-0.3, -0.25) is 14.5 Å². The van der Waals surface area contributed by atoms with Gasteiger partial charge in [-0.15, -0.1) is 0 Å². The molecule has 2 aliphatic heterocycles. The number of methoxy groups -OCH3 is 1. The zero-order valence-electron chi connectivity index (χ0n) is 21.9. The van der Waals surface area contributed by atoms with Crippen LogP contribution in [-0.4, -0.2) is 65.9 Å². The summed E-state index contributed by atoms with van der Waals surface area (Å²) in [5.41, 5.74) is 3.39. The predicted octanol–water partition coefficient (Wildman–Crippen LogP) is 4.03. The van der Waals surface area contributed by atoms with Crippen LogP contribution in [-0.2, 0) is 30.4 Å². The molecule has 2 aromatic rings. The first kappa shape index (κ1) is 28.2. The van der Waals surface area contributed by atoms with Crippen molar-refractivity contribution in [3.8, 4) is 0 Å². The van der Waals surface area contributed by atoms with Gasteiger partial charge in [-0.1, -0.05) is 36.4 Å². The molecular weight excluding hydrogens is 488 g/mol. The number of hydrogen-bond donors (Lipinski definition) is 3. The summed E-state index contributed by atoms with van der Waals surface area (Å²) in [6.07, 6.45) is 2.64. The molecule has 2 aliphatic rings. The summed E-state index contributed by atoms with van der Waals surface area (Å²) in [7, 11) is 1.74. The maximum atomic E-state index is 12.1. The normalized spacial score (nSPS) is 23.8. The fourth-order valence-electron chi connectivity index (χ4n) is 5.16. The van der Waals surface area contributed by atoms with E-state index >= 15 is 0 Å². The Morgan fingerprint density at radius 1 is 1.05 bits per heavy atom. The van der Waals surface area contributed by atoms with Gasteiger partial charge >= 0.3 is 5.97 Å². The summed E-state index contributed by atoms with van der Waals surface area (Å²) in [5, 5.41) is 21.0. The molecule has 4 rings (SSSR count). The van der Waals surface area contributed by atoms with Crippen LogP contribution in [0, 0.1) is 0 Å². The van der Waals surface area contributed by atoms with Gasteiger partial charge in [0.1, 0.15) is 0 Å². The van der Waals surface area contributed by atoms with Gasteiger partial charge in [-0.2, -0.15) is 0 Å². The average Bonchev–Trinajstić information content (AvgIpc) is 3.35. The van der Waals surface area contributed by atoms with Crippen LogP contribution in [0.25, 0.3) is 0 Å². The number of amides is 1. The van der Waals surface area contributed by atoms with Crippen LogP contribution in [0.3, 0.4) is 0 Å². The lowest BCUT2D eigenvalue weighted by molar-refractivity contribution is -0.253. The lowest BCUT2D eigenvalue weighted by Crippen LogP contribution is -2.42. The van der Waals surface area contributed by atoms with Crippen molar-refractivity contribution in [1.82, 2.24) is 4.90 Å². The number of anilines is 1. The second kappa shape index (κ2) is 13.8. The summed E-state index contributed by atoms with van der Waals surface area (Å²) >= 11 is 0. The average molecular weight is 527 g/mol. The van der Waals surface area contributed by atoms with Crippen molar-refractivity contribution >= 4 is 17.6 Å². The molecule has 9 nitrogen and oxygen atoms in total. The molecule has 4 atom stereocenters. The van der Waals surface area contributed by atoms with Gasteiger partial charge in [0, 0.05) is 50.2 Å². The van der Waals surface area contributed by atoms with Crippen LogP contribution in [0.2, 0.25) is 0 Å². The molecular formula is C29H38N2O7. The number of likely N-dealkylation sites (tertiary alicyclic amines) is 1. The summed E-state index contributed by atoms with van der Waals surface area (Å²) in [6, 6.07) is 15.6. The van der Waals surface area contributed by atoms with Crippen molar-refractivity contribution in [3.05, 3.63) is 65.2 Å². The van der Waals surface area contributed by atoms with E-state index in [9.17, 15) is 14.7 Å². The van der Waals surface area contributed by atoms with E-state index in [1.54, 1.807) is 19.2 Å². The summed E-state index contributed by atoms with van der Waals surface area (Å²) in [6.45, 7) is 2.53. The van der Waals surface area contributed by atoms with E-state index in [1.807, 2.05) is 36.4 Å². The molecule has 0 aromatic heterocycles. The molecule has 0 spiro atoms. The zero-order valence-corrected chi connectivity index (χ0v) is 21.9. The third-order valence-corrected chi connectivity index (χ3v) is 7.17. The number of benzene rings is 2. The Balaban J connectivity index is 1.45. The molecule has 2 heterocycles. The Hall–Kier alpha value is -2.82. The van der Waals surface area contributed by atoms with Gasteiger partial charge in [0.2, 0.25) is 5.91 Å². The van der Waals surface area contributed by atoms with E-state index in [1.165, 1.54) is 0 Å². The first-order valence-electron chi connectivity index (χ1n) is 13.3. The summed E-state index contributed by atoms with van der Waals surface area (Å²) in [4.78, 5) is 25.2. The lowest BCUT2D eigenvalue weighted by Gasteiger charge is -2.38. The number of hydrogen-bond acceptors (Lipinski definition) is 7. The number of ether oxygens (including phenoxy) is 3. The number of aliphatic hydroxyl groups is 1. The van der Waals surface area contributed by atoms with Gasteiger partial charge < -0.3 is 29.7 Å². The topological polar surface area (TPSA) is 118 Å². The van der Waals surface area contributed by atoms with E-state index in [0.717, 1.165) is 49.0 Å². The Morgan fingerprint density at radius 3 is 2.47 bits per heavy atom. The van der Waals surface area contributed by atoms with Crippen LogP contribution in [0.1, 0.15) is 67.6 Å². The molecule has 206 valence electrons. The molecule has 3 N–H and O–H groups in total. The Bertz CT molecular complexity index is 1040. The standard InChI is InChI=1S/C29H38N2O7/c1-36-19-24-4-3-15-31(24)17-25-16-26(21-9-7-20(18-32)8-10-21)38-29(37-25)22-11-13-23(14-12-22)30-27(33)5-2-6-28(34)35/h7-14,24-26,29,32H,2-6,15-19H2,1H3,(H,30,33)(H,34,35)/t24-,25-,26+,29+/m0/s1. The molecule has 38 heavy (non-hydrogen) atoms. The number of carboxylic acids is 1. The minimum absolute atomic E-state index is 0.00153. The Kier molecular flexibility index (Phi) is 10.3. The fraction of sp³-hybridized carbons (Fsp3) is 0.517. The molecule has 0 saturated carbocycles. The molecule has 0 unspecified atom stereocenters. The highest BCUT2D eigenvalue weighted by atomic mass is 16.7. The first-order valence-corrected chi connectivity index (χ1v) is 13.3. The number of carboxylic acid groups (broad SMARTS) is 1. The minimum atomic E-state index is -0.908. The summed E-state index contributed by atoms with van der Waals surface area (Å²) < 4.78 is 18.3. The van der Waals surface area contributed by atoms with Crippen molar-refractivity contribution in [3.63, 3.8) is 0 Å². The monoisotopic (exact) mass is 526 g/mol. The van der Waals surface area contributed by atoms with Gasteiger partial charge in [0.15, 0.2) is 6.29 Å². The third kappa shape index (κ3) is 7.85. The van der Waals surface area contributed by atoms with Crippen LogP contribution in [0.15, 0.2) is 48.5 Å². The Labute approximate surface area is 223 Å². The van der Waals surface area contributed by atoms with Crippen LogP contribution < -0.4 is 5.32 Å². The second-order valence-corrected chi connectivity index (χ2v) is 10.0. The number of carbonyl (C=O) groups is 2. The maximum absolute atomic E-state index is 12.1. The van der Waals surface area contributed by atoms with Gasteiger partial charge in [0.25, 0.3) is 0 Å². The first-order chi connectivity index (χ1) is 18.4. The SMILES string of the molecule is COC[C@@H]1CCCN1C[C@@H]1C[C@H](c2ccc(CO)cc2)O[C@H](c2ccc(NC(=O)CCCC(=O)O)cc2)O1. The number of nitrogens with one attached hydrogen (secondary N) is 1. The third-order valence-electron chi connectivity index (χ3n) is 7.17. The highest BCUT2D eigenvalue weighted by Crippen LogP contribution is 2.39. The molecule has 0 radical (unpaired) electrons. The zero-order chi connectivity index (χ0) is 26.9. The highest BCUT2D eigenvalue weighted by molar-refractivity contribution is 5.90. The summed E-state index contributed by atoms with van der Waals surface area (Å²) in [5.74, 6) is -1.12. The van der Waals surface area contributed by atoms with Gasteiger partial charge in [-0.25, -0.2) is 0 Å². The molecule has 0 aliphatic carbocycles. The van der Waals surface area contributed by atoms with Crippen LogP contribution >= 0.6 is 0 Å². The molecule has 2 fully saturated rings. The van der Waals surface area contributed by atoms with E-state index in [0.29, 0.717) is 24.8 Å². The molecule has 2 saturated heterocycles. The van der Waals surface area contributed by atoms with Crippen molar-refractivity contribution in [2.24, 2.45) is 0 Å². The number of aliphatic carboxylic acids is 1. The lowest BCUT2D eigenvalue weighted by atomic mass is 9.99. The number of aliphatic hydroxyl groups excluding tert-OH is 1. The second-order valence-electron chi connectivity index (χ2n) is 10.0. The number of rotatable bonds is 12. The highest BCUT2D eigenvalue weighted by Gasteiger charge is 2.35. The Morgan fingerprint density at radius 2 is 1.79 bits per heavy atom.